The van der Waals surface area contributed by atoms with Crippen LogP contribution in [-0.4, -0.2) is 49.3 Å². The van der Waals surface area contributed by atoms with Gasteiger partial charge in [-0.25, -0.2) is 0 Å². The molecule has 0 bridgehead atoms. The third-order valence-corrected chi connectivity index (χ3v) is 5.07. The Morgan fingerprint density at radius 2 is 2.18 bits per heavy atom. The fourth-order valence-corrected chi connectivity index (χ4v) is 3.66. The fraction of sp³-hybridized carbons (Fsp3) is 1.00. The molecule has 3 fully saturated rings. The molecule has 3 heteroatoms. The van der Waals surface area contributed by atoms with Crippen molar-refractivity contribution in [3.05, 3.63) is 0 Å². The van der Waals surface area contributed by atoms with E-state index in [2.05, 4.69) is 17.3 Å². The van der Waals surface area contributed by atoms with Gasteiger partial charge in [-0.15, -0.1) is 0 Å². The number of likely N-dealkylation sites (N-methyl/N-ethyl adjacent to an activating group) is 1. The van der Waals surface area contributed by atoms with Gasteiger partial charge in [-0.2, -0.15) is 0 Å². The van der Waals surface area contributed by atoms with Crippen molar-refractivity contribution in [2.24, 2.45) is 0 Å². The number of hydrogen-bond donors (Lipinski definition) is 1. The standard InChI is InChI=1S/C14H26N2O/c1-16-8-2-4-13(16)11-15-12-5-9-17-14(10-12)6-3-7-14/h12-13,15H,2-11H2,1H3. The first-order chi connectivity index (χ1) is 8.27. The van der Waals surface area contributed by atoms with Gasteiger partial charge < -0.3 is 15.0 Å². The minimum Gasteiger partial charge on any atom is -0.375 e. The van der Waals surface area contributed by atoms with E-state index in [1.54, 1.807) is 0 Å². The fourth-order valence-electron chi connectivity index (χ4n) is 3.66. The van der Waals surface area contributed by atoms with Crippen LogP contribution < -0.4 is 5.32 Å². The van der Waals surface area contributed by atoms with Crippen molar-refractivity contribution in [1.82, 2.24) is 10.2 Å². The van der Waals surface area contributed by atoms with Crippen molar-refractivity contribution in [1.29, 1.82) is 0 Å². The van der Waals surface area contributed by atoms with E-state index in [9.17, 15) is 0 Å². The zero-order valence-corrected chi connectivity index (χ0v) is 11.1. The Hall–Kier alpha value is -0.120. The summed E-state index contributed by atoms with van der Waals surface area (Å²) in [7, 11) is 2.26. The Morgan fingerprint density at radius 1 is 1.29 bits per heavy atom. The Balaban J connectivity index is 1.45. The second-order valence-corrected chi connectivity index (χ2v) is 6.26. The maximum atomic E-state index is 5.97. The summed E-state index contributed by atoms with van der Waals surface area (Å²) in [6, 6.07) is 1.48. The molecule has 98 valence electrons. The van der Waals surface area contributed by atoms with Crippen molar-refractivity contribution in [3.8, 4) is 0 Å². The lowest BCUT2D eigenvalue weighted by Crippen LogP contribution is -2.52. The molecule has 17 heavy (non-hydrogen) atoms. The zero-order valence-electron chi connectivity index (χ0n) is 11.1. The van der Waals surface area contributed by atoms with Crippen LogP contribution in [0.1, 0.15) is 44.9 Å². The van der Waals surface area contributed by atoms with E-state index >= 15 is 0 Å². The third-order valence-electron chi connectivity index (χ3n) is 5.07. The molecule has 0 aromatic carbocycles. The predicted molar refractivity (Wildman–Crippen MR) is 69.2 cm³/mol. The molecule has 3 aliphatic rings. The van der Waals surface area contributed by atoms with Crippen molar-refractivity contribution < 1.29 is 4.74 Å². The van der Waals surface area contributed by atoms with Crippen LogP contribution in [0.2, 0.25) is 0 Å². The normalized spacial score (nSPS) is 37.2. The molecule has 2 heterocycles. The minimum absolute atomic E-state index is 0.289. The average molecular weight is 238 g/mol. The summed E-state index contributed by atoms with van der Waals surface area (Å²) < 4.78 is 5.97. The Kier molecular flexibility index (Phi) is 3.42. The van der Waals surface area contributed by atoms with Crippen LogP contribution in [0.25, 0.3) is 0 Å². The summed E-state index contributed by atoms with van der Waals surface area (Å²) in [6.07, 6.45) is 9.18. The first kappa shape index (κ1) is 11.9. The van der Waals surface area contributed by atoms with Gasteiger partial charge in [0.1, 0.15) is 0 Å². The van der Waals surface area contributed by atoms with Crippen LogP contribution in [0.4, 0.5) is 0 Å². The average Bonchev–Trinajstić information content (AvgIpc) is 2.71. The monoisotopic (exact) mass is 238 g/mol. The molecule has 0 amide bonds. The van der Waals surface area contributed by atoms with Crippen molar-refractivity contribution in [3.63, 3.8) is 0 Å². The highest BCUT2D eigenvalue weighted by Gasteiger charge is 2.42. The third kappa shape index (κ3) is 2.51. The lowest BCUT2D eigenvalue weighted by atomic mass is 9.74. The molecule has 1 N–H and O–H groups in total. The molecule has 2 unspecified atom stereocenters. The van der Waals surface area contributed by atoms with Gasteiger partial charge in [-0.3, -0.25) is 0 Å². The van der Waals surface area contributed by atoms with Crippen LogP contribution in [-0.2, 0) is 4.74 Å². The van der Waals surface area contributed by atoms with E-state index in [1.807, 2.05) is 0 Å². The topological polar surface area (TPSA) is 24.5 Å². The number of ether oxygens (including phenoxy) is 1. The highest BCUT2D eigenvalue weighted by atomic mass is 16.5. The lowest BCUT2D eigenvalue weighted by molar-refractivity contribution is -0.135. The van der Waals surface area contributed by atoms with Gasteiger partial charge in [-0.1, -0.05) is 0 Å². The van der Waals surface area contributed by atoms with Crippen LogP contribution in [0.3, 0.4) is 0 Å². The molecule has 0 aromatic heterocycles. The van der Waals surface area contributed by atoms with Gasteiger partial charge in [0.05, 0.1) is 5.60 Å². The van der Waals surface area contributed by atoms with Gasteiger partial charge in [0.2, 0.25) is 0 Å². The molecule has 2 atom stereocenters. The molecule has 2 aliphatic heterocycles. The van der Waals surface area contributed by atoms with Crippen LogP contribution >= 0.6 is 0 Å². The summed E-state index contributed by atoms with van der Waals surface area (Å²) in [5, 5.41) is 3.80. The van der Waals surface area contributed by atoms with E-state index in [4.69, 9.17) is 4.74 Å². The molecule has 1 aliphatic carbocycles. The van der Waals surface area contributed by atoms with E-state index in [0.717, 1.165) is 12.6 Å². The molecular formula is C14H26N2O. The van der Waals surface area contributed by atoms with Gasteiger partial charge in [0.25, 0.3) is 0 Å². The minimum atomic E-state index is 0.289. The second-order valence-electron chi connectivity index (χ2n) is 6.26. The zero-order chi connectivity index (χ0) is 11.7. The first-order valence-corrected chi connectivity index (χ1v) is 7.35. The van der Waals surface area contributed by atoms with Crippen molar-refractivity contribution in [2.45, 2.75) is 62.6 Å². The summed E-state index contributed by atoms with van der Waals surface area (Å²) in [5.41, 5.74) is 0.289. The summed E-state index contributed by atoms with van der Waals surface area (Å²) in [6.45, 7) is 3.43. The van der Waals surface area contributed by atoms with Gasteiger partial charge >= 0.3 is 0 Å². The van der Waals surface area contributed by atoms with Crippen LogP contribution in [0.5, 0.6) is 0 Å². The Morgan fingerprint density at radius 3 is 2.82 bits per heavy atom. The quantitative estimate of drug-likeness (QED) is 0.811. The predicted octanol–water partition coefficient (Wildman–Crippen LogP) is 1.77. The lowest BCUT2D eigenvalue weighted by Gasteiger charge is -2.47. The number of rotatable bonds is 3. The highest BCUT2D eigenvalue weighted by molar-refractivity contribution is 4.96. The smallest absolute Gasteiger partial charge is 0.0697 e. The molecule has 0 radical (unpaired) electrons. The van der Waals surface area contributed by atoms with Crippen LogP contribution in [0.15, 0.2) is 0 Å². The van der Waals surface area contributed by atoms with Crippen molar-refractivity contribution in [2.75, 3.05) is 26.7 Å². The number of likely N-dealkylation sites (tertiary alicyclic amines) is 1. The first-order valence-electron chi connectivity index (χ1n) is 7.35. The van der Waals surface area contributed by atoms with E-state index in [1.165, 1.54) is 58.0 Å². The molecule has 3 nitrogen and oxygen atoms in total. The second kappa shape index (κ2) is 4.87. The maximum Gasteiger partial charge on any atom is 0.0697 e. The van der Waals surface area contributed by atoms with E-state index in [-0.39, 0.29) is 5.60 Å². The summed E-state index contributed by atoms with van der Waals surface area (Å²) >= 11 is 0. The highest BCUT2D eigenvalue weighted by Crippen LogP contribution is 2.42. The van der Waals surface area contributed by atoms with E-state index < -0.39 is 0 Å². The molecule has 2 saturated heterocycles. The SMILES string of the molecule is CN1CCCC1CNC1CCOC2(CCC2)C1. The molecule has 3 rings (SSSR count). The molecule has 0 aromatic rings. The largest absolute Gasteiger partial charge is 0.375 e. The molecule has 1 spiro atoms. The Bertz CT molecular complexity index is 265. The number of nitrogens with zero attached hydrogens (tertiary/aromatic N) is 1. The van der Waals surface area contributed by atoms with Crippen LogP contribution in [0, 0.1) is 0 Å². The molecular weight excluding hydrogens is 212 g/mol. The van der Waals surface area contributed by atoms with Gasteiger partial charge in [0.15, 0.2) is 0 Å². The van der Waals surface area contributed by atoms with Gasteiger partial charge in [0, 0.05) is 25.2 Å². The van der Waals surface area contributed by atoms with Crippen molar-refractivity contribution >= 4 is 0 Å². The summed E-state index contributed by atoms with van der Waals surface area (Å²) in [5.74, 6) is 0. The maximum absolute atomic E-state index is 5.97. The number of hydrogen-bond acceptors (Lipinski definition) is 3. The molecule has 1 saturated carbocycles. The Labute approximate surface area is 105 Å². The van der Waals surface area contributed by atoms with Gasteiger partial charge in [-0.05, 0) is 58.5 Å². The van der Waals surface area contributed by atoms with E-state index in [0.29, 0.717) is 6.04 Å². The number of nitrogens with one attached hydrogen (secondary N) is 1. The summed E-state index contributed by atoms with van der Waals surface area (Å²) in [4.78, 5) is 2.51.